The first-order valence-electron chi connectivity index (χ1n) is 6.31. The first kappa shape index (κ1) is 15.4. The Balaban J connectivity index is 2.42. The molecule has 1 fully saturated rings. The van der Waals surface area contributed by atoms with E-state index in [9.17, 15) is 13.2 Å². The lowest BCUT2D eigenvalue weighted by atomic mass is 9.97. The van der Waals surface area contributed by atoms with Crippen LogP contribution >= 0.6 is 0 Å². The molecule has 0 aromatic heterocycles. The summed E-state index contributed by atoms with van der Waals surface area (Å²) in [7, 11) is -3.08. The van der Waals surface area contributed by atoms with E-state index in [1.54, 1.807) is 20.8 Å². The van der Waals surface area contributed by atoms with Crippen molar-refractivity contribution in [2.45, 2.75) is 38.4 Å². The average molecular weight is 277 g/mol. The number of hydrogen-bond donors (Lipinski definition) is 1. The molecule has 18 heavy (non-hydrogen) atoms. The van der Waals surface area contributed by atoms with Gasteiger partial charge in [0.05, 0.1) is 16.4 Å². The fraction of sp³-hybridized carbons (Fsp3) is 0.917. The third-order valence-electron chi connectivity index (χ3n) is 3.55. The van der Waals surface area contributed by atoms with E-state index < -0.39 is 20.6 Å². The summed E-state index contributed by atoms with van der Waals surface area (Å²) in [6.07, 6.45) is 1.23. The largest absolute Gasteiger partial charge is 0.481 e. The molecule has 0 radical (unpaired) electrons. The van der Waals surface area contributed by atoms with E-state index in [0.29, 0.717) is 32.5 Å². The molecule has 1 aliphatic rings. The van der Waals surface area contributed by atoms with Crippen LogP contribution in [0, 0.1) is 5.92 Å². The summed E-state index contributed by atoms with van der Waals surface area (Å²) >= 11 is 0. The zero-order chi connectivity index (χ0) is 14.0. The van der Waals surface area contributed by atoms with E-state index in [2.05, 4.69) is 0 Å². The van der Waals surface area contributed by atoms with Crippen molar-refractivity contribution in [3.05, 3.63) is 0 Å². The molecule has 1 heterocycles. The van der Waals surface area contributed by atoms with Crippen molar-refractivity contribution in [1.82, 2.24) is 4.90 Å². The summed E-state index contributed by atoms with van der Waals surface area (Å²) < 4.78 is 23.2. The molecule has 0 atom stereocenters. The molecule has 0 aromatic rings. The summed E-state index contributed by atoms with van der Waals surface area (Å²) in [6, 6.07) is 0. The average Bonchev–Trinajstić information content (AvgIpc) is 2.25. The first-order valence-corrected chi connectivity index (χ1v) is 7.96. The van der Waals surface area contributed by atoms with E-state index in [1.165, 1.54) is 0 Å². The van der Waals surface area contributed by atoms with Crippen molar-refractivity contribution in [1.29, 1.82) is 0 Å². The molecule has 0 saturated carbocycles. The molecule has 0 spiro atoms. The third kappa shape index (κ3) is 3.95. The molecular weight excluding hydrogens is 254 g/mol. The number of piperidine rings is 1. The Morgan fingerprint density at radius 1 is 1.28 bits per heavy atom. The highest BCUT2D eigenvalue weighted by Gasteiger charge is 2.30. The Kier molecular flexibility index (Phi) is 4.78. The van der Waals surface area contributed by atoms with E-state index in [0.717, 1.165) is 0 Å². The van der Waals surface area contributed by atoms with Crippen LogP contribution in [0.25, 0.3) is 0 Å². The van der Waals surface area contributed by atoms with Crippen LogP contribution in [0.15, 0.2) is 0 Å². The molecule has 0 bridgehead atoms. The van der Waals surface area contributed by atoms with Gasteiger partial charge in [0.1, 0.15) is 0 Å². The highest BCUT2D eigenvalue weighted by atomic mass is 32.2. The van der Waals surface area contributed by atoms with Crippen LogP contribution in [0.5, 0.6) is 0 Å². The van der Waals surface area contributed by atoms with Crippen LogP contribution in [0.3, 0.4) is 0 Å². The smallest absolute Gasteiger partial charge is 0.306 e. The molecular formula is C12H23NO4S. The van der Waals surface area contributed by atoms with Crippen LogP contribution in [0.1, 0.15) is 33.6 Å². The molecule has 0 aromatic carbocycles. The number of sulfone groups is 1. The predicted octanol–water partition coefficient (Wildman–Crippen LogP) is 0.996. The van der Waals surface area contributed by atoms with Crippen molar-refractivity contribution in [2.75, 3.05) is 25.4 Å². The summed E-state index contributed by atoms with van der Waals surface area (Å²) in [6.45, 7) is 6.98. The summed E-state index contributed by atoms with van der Waals surface area (Å²) in [5.74, 6) is -0.855. The zero-order valence-electron chi connectivity index (χ0n) is 11.3. The van der Waals surface area contributed by atoms with Gasteiger partial charge in [0.25, 0.3) is 0 Å². The molecule has 1 aliphatic heterocycles. The second kappa shape index (κ2) is 5.57. The number of hydrogen-bond acceptors (Lipinski definition) is 4. The number of carboxylic acids is 1. The standard InChI is InChI=1S/C12H23NO4S/c1-12(2,3)18(16,17)9-8-13-6-4-10(5-7-13)11(14)15/h10H,4-9H2,1-3H3,(H,14,15). The molecule has 1 N–H and O–H groups in total. The minimum atomic E-state index is -3.08. The maximum absolute atomic E-state index is 11.9. The summed E-state index contributed by atoms with van der Waals surface area (Å²) in [5, 5.41) is 8.88. The van der Waals surface area contributed by atoms with Gasteiger partial charge in [-0.1, -0.05) is 0 Å². The zero-order valence-corrected chi connectivity index (χ0v) is 12.2. The minimum Gasteiger partial charge on any atom is -0.481 e. The maximum atomic E-state index is 11.9. The molecule has 0 aliphatic carbocycles. The molecule has 0 amide bonds. The van der Waals surface area contributed by atoms with Crippen LogP contribution in [0.4, 0.5) is 0 Å². The second-order valence-corrected chi connectivity index (χ2v) is 8.75. The van der Waals surface area contributed by atoms with E-state index in [1.807, 2.05) is 4.90 Å². The maximum Gasteiger partial charge on any atom is 0.306 e. The number of carbonyl (C=O) groups is 1. The quantitative estimate of drug-likeness (QED) is 0.829. The molecule has 1 saturated heterocycles. The number of carboxylic acid groups (broad SMARTS) is 1. The number of likely N-dealkylation sites (tertiary alicyclic amines) is 1. The van der Waals surface area contributed by atoms with Gasteiger partial charge in [-0.2, -0.15) is 0 Å². The van der Waals surface area contributed by atoms with E-state index in [4.69, 9.17) is 5.11 Å². The lowest BCUT2D eigenvalue weighted by Gasteiger charge is -2.30. The molecule has 6 heteroatoms. The Morgan fingerprint density at radius 2 is 1.78 bits per heavy atom. The van der Waals surface area contributed by atoms with Crippen molar-refractivity contribution >= 4 is 15.8 Å². The van der Waals surface area contributed by atoms with Crippen LogP contribution < -0.4 is 0 Å². The van der Waals surface area contributed by atoms with Gasteiger partial charge in [-0.05, 0) is 46.7 Å². The van der Waals surface area contributed by atoms with Crippen molar-refractivity contribution in [2.24, 2.45) is 5.92 Å². The van der Waals surface area contributed by atoms with Gasteiger partial charge in [-0.25, -0.2) is 8.42 Å². The van der Waals surface area contributed by atoms with Gasteiger partial charge >= 0.3 is 5.97 Å². The third-order valence-corrected chi connectivity index (χ3v) is 6.13. The van der Waals surface area contributed by atoms with Gasteiger partial charge in [-0.3, -0.25) is 4.79 Å². The van der Waals surface area contributed by atoms with Gasteiger partial charge in [-0.15, -0.1) is 0 Å². The van der Waals surface area contributed by atoms with Gasteiger partial charge in [0.15, 0.2) is 9.84 Å². The minimum absolute atomic E-state index is 0.147. The van der Waals surface area contributed by atoms with Crippen molar-refractivity contribution in [3.8, 4) is 0 Å². The Morgan fingerprint density at radius 3 is 2.17 bits per heavy atom. The van der Waals surface area contributed by atoms with Crippen molar-refractivity contribution in [3.63, 3.8) is 0 Å². The molecule has 5 nitrogen and oxygen atoms in total. The molecule has 1 rings (SSSR count). The molecule has 106 valence electrons. The lowest BCUT2D eigenvalue weighted by Crippen LogP contribution is -2.41. The van der Waals surface area contributed by atoms with Gasteiger partial charge < -0.3 is 10.0 Å². The van der Waals surface area contributed by atoms with E-state index in [-0.39, 0.29) is 11.7 Å². The van der Waals surface area contributed by atoms with Crippen LogP contribution in [-0.4, -0.2) is 54.5 Å². The fourth-order valence-electron chi connectivity index (χ4n) is 1.96. The summed E-state index contributed by atoms with van der Waals surface area (Å²) in [4.78, 5) is 12.8. The number of nitrogens with zero attached hydrogens (tertiary/aromatic N) is 1. The SMILES string of the molecule is CC(C)(C)S(=O)(=O)CCN1CCC(C(=O)O)CC1. The highest BCUT2D eigenvalue weighted by Crippen LogP contribution is 2.19. The van der Waals surface area contributed by atoms with Crippen LogP contribution in [-0.2, 0) is 14.6 Å². The molecule has 0 unspecified atom stereocenters. The lowest BCUT2D eigenvalue weighted by molar-refractivity contribution is -0.143. The number of aliphatic carboxylic acids is 1. The Labute approximate surface area is 109 Å². The van der Waals surface area contributed by atoms with Gasteiger partial charge in [0, 0.05) is 6.54 Å². The topological polar surface area (TPSA) is 74.7 Å². The number of rotatable bonds is 4. The fourth-order valence-corrected chi connectivity index (χ4v) is 3.07. The van der Waals surface area contributed by atoms with E-state index >= 15 is 0 Å². The van der Waals surface area contributed by atoms with Gasteiger partial charge in [0.2, 0.25) is 0 Å². The Hall–Kier alpha value is -0.620. The first-order chi connectivity index (χ1) is 8.13. The highest BCUT2D eigenvalue weighted by molar-refractivity contribution is 7.92. The van der Waals surface area contributed by atoms with Crippen LogP contribution in [0.2, 0.25) is 0 Å². The Bertz CT molecular complexity index is 389. The predicted molar refractivity (Wildman–Crippen MR) is 70.3 cm³/mol. The van der Waals surface area contributed by atoms with Crippen molar-refractivity contribution < 1.29 is 18.3 Å². The summed E-state index contributed by atoms with van der Waals surface area (Å²) in [5.41, 5.74) is 0. The normalized spacial score (nSPS) is 19.9. The second-order valence-electron chi connectivity index (χ2n) is 5.89. The monoisotopic (exact) mass is 277 g/mol.